The first-order valence-corrected chi connectivity index (χ1v) is 7.72. The van der Waals surface area contributed by atoms with Crippen molar-refractivity contribution < 1.29 is 0 Å². The van der Waals surface area contributed by atoms with Crippen LogP contribution in [0.5, 0.6) is 0 Å². The maximum atomic E-state index is 2.33. The van der Waals surface area contributed by atoms with Gasteiger partial charge in [-0.1, -0.05) is 66.7 Å². The fourth-order valence-electron chi connectivity index (χ4n) is 3.23. The van der Waals surface area contributed by atoms with Crippen LogP contribution in [0.2, 0.25) is 0 Å². The predicted octanol–water partition coefficient (Wildman–Crippen LogP) is 6.28. The van der Waals surface area contributed by atoms with Gasteiger partial charge in [0.05, 0.1) is 0 Å². The second-order valence-corrected chi connectivity index (χ2v) is 5.99. The summed E-state index contributed by atoms with van der Waals surface area (Å²) in [6.45, 7) is 4.38. The molecule has 0 heterocycles. The Morgan fingerprint density at radius 1 is 0.545 bits per heavy atom. The van der Waals surface area contributed by atoms with Crippen molar-refractivity contribution in [3.05, 3.63) is 83.9 Å². The van der Waals surface area contributed by atoms with E-state index in [1.807, 2.05) is 0 Å². The van der Waals surface area contributed by atoms with Gasteiger partial charge in [-0.05, 0) is 63.7 Å². The van der Waals surface area contributed by atoms with Crippen molar-refractivity contribution >= 4 is 21.5 Å². The molecule has 0 nitrogen and oxygen atoms in total. The molecule has 22 heavy (non-hydrogen) atoms. The molecule has 0 fully saturated rings. The molecule has 0 aliphatic rings. The number of hydrogen-bond acceptors (Lipinski definition) is 0. The van der Waals surface area contributed by atoms with Crippen LogP contribution in [-0.4, -0.2) is 0 Å². The molecule has 0 unspecified atom stereocenters. The van der Waals surface area contributed by atoms with Crippen molar-refractivity contribution in [1.29, 1.82) is 0 Å². The monoisotopic (exact) mass is 282 g/mol. The average Bonchev–Trinajstić information content (AvgIpc) is 2.56. The molecule has 0 radical (unpaired) electrons. The molecular weight excluding hydrogens is 264 g/mol. The van der Waals surface area contributed by atoms with Gasteiger partial charge in [0.1, 0.15) is 0 Å². The zero-order chi connectivity index (χ0) is 15.1. The molecule has 0 saturated carbocycles. The number of rotatable bonds is 1. The van der Waals surface area contributed by atoms with Crippen LogP contribution in [0.3, 0.4) is 0 Å². The molecule has 4 aromatic rings. The van der Waals surface area contributed by atoms with E-state index in [1.54, 1.807) is 0 Å². The van der Waals surface area contributed by atoms with Crippen molar-refractivity contribution in [3.63, 3.8) is 0 Å². The van der Waals surface area contributed by atoms with Gasteiger partial charge in [0.2, 0.25) is 0 Å². The zero-order valence-corrected chi connectivity index (χ0v) is 12.9. The van der Waals surface area contributed by atoms with E-state index in [0.29, 0.717) is 0 Å². The lowest BCUT2D eigenvalue weighted by atomic mass is 9.91. The lowest BCUT2D eigenvalue weighted by molar-refractivity contribution is 1.37. The molecule has 0 heteroatoms. The Morgan fingerprint density at radius 2 is 1.18 bits per heavy atom. The first kappa shape index (κ1) is 13.1. The molecule has 0 aromatic heterocycles. The Balaban J connectivity index is 2.18. The summed E-state index contributed by atoms with van der Waals surface area (Å²) in [4.78, 5) is 0. The highest BCUT2D eigenvalue weighted by Gasteiger charge is 2.09. The number of hydrogen-bond donors (Lipinski definition) is 0. The minimum absolute atomic E-state index is 1.28. The van der Waals surface area contributed by atoms with E-state index in [0.717, 1.165) is 0 Å². The first-order chi connectivity index (χ1) is 10.7. The van der Waals surface area contributed by atoms with Crippen LogP contribution >= 0.6 is 0 Å². The highest BCUT2D eigenvalue weighted by atomic mass is 14.1. The fraction of sp³-hybridized carbons (Fsp3) is 0.0909. The van der Waals surface area contributed by atoms with Crippen LogP contribution < -0.4 is 0 Å². The lowest BCUT2D eigenvalue weighted by Crippen LogP contribution is -1.87. The van der Waals surface area contributed by atoms with Crippen LogP contribution in [0.25, 0.3) is 32.7 Å². The maximum Gasteiger partial charge on any atom is -0.00990 e. The lowest BCUT2D eigenvalue weighted by Gasteiger charge is -2.12. The summed E-state index contributed by atoms with van der Waals surface area (Å²) >= 11 is 0. The van der Waals surface area contributed by atoms with Crippen molar-refractivity contribution in [3.8, 4) is 11.1 Å². The first-order valence-electron chi connectivity index (χ1n) is 7.72. The number of aryl methyl sites for hydroxylation is 2. The third kappa shape index (κ3) is 2.00. The van der Waals surface area contributed by atoms with Crippen molar-refractivity contribution in [1.82, 2.24) is 0 Å². The molecule has 0 spiro atoms. The fourth-order valence-corrected chi connectivity index (χ4v) is 3.23. The van der Waals surface area contributed by atoms with Crippen LogP contribution in [0.4, 0.5) is 0 Å². The third-order valence-electron chi connectivity index (χ3n) is 4.56. The Kier molecular flexibility index (Phi) is 2.97. The minimum atomic E-state index is 1.28. The molecule has 0 N–H and O–H groups in total. The number of fused-ring (bicyclic) bond motifs is 3. The summed E-state index contributed by atoms with van der Waals surface area (Å²) in [5.74, 6) is 0. The molecule has 4 rings (SSSR count). The van der Waals surface area contributed by atoms with Gasteiger partial charge < -0.3 is 0 Å². The summed E-state index contributed by atoms with van der Waals surface area (Å²) in [5, 5.41) is 5.32. The Morgan fingerprint density at radius 3 is 1.95 bits per heavy atom. The average molecular weight is 282 g/mol. The van der Waals surface area contributed by atoms with Gasteiger partial charge in [-0.15, -0.1) is 0 Å². The molecule has 0 saturated heterocycles. The van der Waals surface area contributed by atoms with E-state index >= 15 is 0 Å². The second-order valence-electron chi connectivity index (χ2n) is 5.99. The van der Waals surface area contributed by atoms with Gasteiger partial charge in [0.25, 0.3) is 0 Å². The molecule has 106 valence electrons. The summed E-state index contributed by atoms with van der Waals surface area (Å²) in [5.41, 5.74) is 5.29. The van der Waals surface area contributed by atoms with Crippen LogP contribution in [0.15, 0.2) is 72.8 Å². The SMILES string of the molecule is Cc1cc2cc(-c3ccccc3)c3ccccc3c2cc1C. The molecule has 0 amide bonds. The minimum Gasteiger partial charge on any atom is -0.0622 e. The van der Waals surface area contributed by atoms with Crippen LogP contribution in [0.1, 0.15) is 11.1 Å². The van der Waals surface area contributed by atoms with Gasteiger partial charge in [0, 0.05) is 0 Å². The standard InChI is InChI=1S/C22H18/c1-15-12-18-14-22(17-8-4-3-5-9-17)20-11-7-6-10-19(20)21(18)13-16(15)2/h3-14H,1-2H3. The summed E-state index contributed by atoms with van der Waals surface area (Å²) < 4.78 is 0. The maximum absolute atomic E-state index is 2.33. The van der Waals surface area contributed by atoms with Crippen LogP contribution in [-0.2, 0) is 0 Å². The largest absolute Gasteiger partial charge is 0.0622 e. The zero-order valence-electron chi connectivity index (χ0n) is 12.9. The van der Waals surface area contributed by atoms with Gasteiger partial charge in [0.15, 0.2) is 0 Å². The Bertz CT molecular complexity index is 979. The summed E-state index contributed by atoms with van der Waals surface area (Å²) in [6.07, 6.45) is 0. The van der Waals surface area contributed by atoms with Gasteiger partial charge in [-0.3, -0.25) is 0 Å². The van der Waals surface area contributed by atoms with Crippen molar-refractivity contribution in [2.24, 2.45) is 0 Å². The molecule has 0 aliphatic carbocycles. The molecule has 4 aromatic carbocycles. The van der Waals surface area contributed by atoms with Crippen molar-refractivity contribution in [2.45, 2.75) is 13.8 Å². The molecule has 0 bridgehead atoms. The van der Waals surface area contributed by atoms with Gasteiger partial charge in [-0.25, -0.2) is 0 Å². The molecule has 0 aliphatic heterocycles. The Labute approximate surface area is 131 Å². The Hall–Kier alpha value is -2.60. The van der Waals surface area contributed by atoms with E-state index in [-0.39, 0.29) is 0 Å². The second kappa shape index (κ2) is 4.99. The predicted molar refractivity (Wildman–Crippen MR) is 96.4 cm³/mol. The summed E-state index contributed by atoms with van der Waals surface area (Å²) in [7, 11) is 0. The van der Waals surface area contributed by atoms with Gasteiger partial charge in [-0.2, -0.15) is 0 Å². The van der Waals surface area contributed by atoms with E-state index < -0.39 is 0 Å². The highest BCUT2D eigenvalue weighted by Crippen LogP contribution is 2.35. The van der Waals surface area contributed by atoms with Crippen LogP contribution in [0, 0.1) is 13.8 Å². The van der Waals surface area contributed by atoms with E-state index in [1.165, 1.54) is 43.8 Å². The molecule has 0 atom stereocenters. The highest BCUT2D eigenvalue weighted by molar-refractivity contribution is 6.14. The van der Waals surface area contributed by atoms with E-state index in [4.69, 9.17) is 0 Å². The summed E-state index contributed by atoms with van der Waals surface area (Å²) in [6, 6.07) is 26.3. The quantitative estimate of drug-likeness (QED) is 0.360. The van der Waals surface area contributed by atoms with Crippen molar-refractivity contribution in [2.75, 3.05) is 0 Å². The number of benzene rings is 4. The van der Waals surface area contributed by atoms with Gasteiger partial charge >= 0.3 is 0 Å². The van der Waals surface area contributed by atoms with E-state index in [2.05, 4.69) is 86.6 Å². The van der Waals surface area contributed by atoms with E-state index in [9.17, 15) is 0 Å². The smallest absolute Gasteiger partial charge is 0.00990 e. The molecular formula is C22H18. The topological polar surface area (TPSA) is 0 Å². The third-order valence-corrected chi connectivity index (χ3v) is 4.56. The normalized spacial score (nSPS) is 11.2.